The third-order valence-electron chi connectivity index (χ3n) is 3.71. The second-order valence-corrected chi connectivity index (χ2v) is 6.34. The molecule has 0 radical (unpaired) electrons. The van der Waals surface area contributed by atoms with Crippen molar-refractivity contribution in [2.24, 2.45) is 5.92 Å². The Balaban J connectivity index is 1.98. The van der Waals surface area contributed by atoms with Crippen LogP contribution in [0, 0.1) is 5.92 Å². The summed E-state index contributed by atoms with van der Waals surface area (Å²) < 4.78 is 36.7. The molecular formula is C15H20F3NS. The number of rotatable bonds is 6. The van der Waals surface area contributed by atoms with Gasteiger partial charge in [0.15, 0.2) is 0 Å². The standard InChI is InChI=1S/C15H20F3NS/c1-2-8-19-14-12(7-9-20-15(16,17)18)10-11-5-3-4-6-13(11)14/h3-6,12,14,19H,2,7-10H2,1H3. The van der Waals surface area contributed by atoms with E-state index in [4.69, 9.17) is 0 Å². The number of halogens is 3. The molecule has 2 unspecified atom stereocenters. The Kier molecular flexibility index (Phi) is 5.38. The van der Waals surface area contributed by atoms with Crippen molar-refractivity contribution in [2.75, 3.05) is 12.3 Å². The van der Waals surface area contributed by atoms with Crippen molar-refractivity contribution in [3.05, 3.63) is 35.4 Å². The summed E-state index contributed by atoms with van der Waals surface area (Å²) in [6.07, 6.45) is 2.51. The highest BCUT2D eigenvalue weighted by Gasteiger charge is 2.33. The second-order valence-electron chi connectivity index (χ2n) is 5.18. The average Bonchev–Trinajstić information content (AvgIpc) is 2.72. The minimum atomic E-state index is -4.11. The normalized spacial score (nSPS) is 22.0. The Hall–Kier alpha value is -0.680. The van der Waals surface area contributed by atoms with Crippen molar-refractivity contribution in [3.8, 4) is 0 Å². The maximum atomic E-state index is 12.2. The van der Waals surface area contributed by atoms with Crippen LogP contribution in [0.4, 0.5) is 13.2 Å². The monoisotopic (exact) mass is 303 g/mol. The molecule has 0 amide bonds. The first-order valence-corrected chi connectivity index (χ1v) is 8.01. The fraction of sp³-hybridized carbons (Fsp3) is 0.600. The van der Waals surface area contributed by atoms with Crippen LogP contribution in [0.2, 0.25) is 0 Å². The minimum Gasteiger partial charge on any atom is -0.310 e. The molecule has 20 heavy (non-hydrogen) atoms. The summed E-state index contributed by atoms with van der Waals surface area (Å²) in [7, 11) is 0. The Bertz CT molecular complexity index is 433. The van der Waals surface area contributed by atoms with E-state index in [1.165, 1.54) is 11.1 Å². The second kappa shape index (κ2) is 6.85. The third kappa shape index (κ3) is 4.16. The summed E-state index contributed by atoms with van der Waals surface area (Å²) in [5.41, 5.74) is -1.57. The van der Waals surface area contributed by atoms with Crippen molar-refractivity contribution in [3.63, 3.8) is 0 Å². The van der Waals surface area contributed by atoms with E-state index in [1.54, 1.807) is 0 Å². The molecule has 0 bridgehead atoms. The van der Waals surface area contributed by atoms with Crippen LogP contribution in [0.25, 0.3) is 0 Å². The molecule has 1 aliphatic carbocycles. The van der Waals surface area contributed by atoms with Gasteiger partial charge in [0.25, 0.3) is 0 Å². The molecule has 0 spiro atoms. The van der Waals surface area contributed by atoms with Crippen LogP contribution in [0.3, 0.4) is 0 Å². The molecule has 112 valence electrons. The fourth-order valence-corrected chi connectivity index (χ4v) is 3.50. The molecule has 2 atom stereocenters. The van der Waals surface area contributed by atoms with E-state index >= 15 is 0 Å². The molecule has 2 rings (SSSR count). The lowest BCUT2D eigenvalue weighted by molar-refractivity contribution is -0.0328. The quantitative estimate of drug-likeness (QED) is 0.828. The van der Waals surface area contributed by atoms with Gasteiger partial charge >= 0.3 is 5.51 Å². The Morgan fingerprint density at radius 1 is 1.30 bits per heavy atom. The Morgan fingerprint density at radius 2 is 2.05 bits per heavy atom. The van der Waals surface area contributed by atoms with Crippen LogP contribution in [-0.4, -0.2) is 17.8 Å². The summed E-state index contributed by atoms with van der Waals surface area (Å²) in [6, 6.07) is 8.40. The summed E-state index contributed by atoms with van der Waals surface area (Å²) in [4.78, 5) is 0. The van der Waals surface area contributed by atoms with Gasteiger partial charge in [0, 0.05) is 11.8 Å². The Labute approximate surface area is 122 Å². The van der Waals surface area contributed by atoms with Crippen molar-refractivity contribution in [2.45, 2.75) is 37.7 Å². The van der Waals surface area contributed by atoms with Crippen LogP contribution in [0.5, 0.6) is 0 Å². The topological polar surface area (TPSA) is 12.0 Å². The third-order valence-corrected chi connectivity index (χ3v) is 4.48. The zero-order valence-electron chi connectivity index (χ0n) is 11.5. The fourth-order valence-electron chi connectivity index (χ4n) is 2.85. The van der Waals surface area contributed by atoms with Crippen LogP contribution in [0.1, 0.15) is 36.9 Å². The summed E-state index contributed by atoms with van der Waals surface area (Å²) >= 11 is 0.0972. The van der Waals surface area contributed by atoms with Crippen molar-refractivity contribution in [1.29, 1.82) is 0 Å². The molecule has 1 N–H and O–H groups in total. The lowest BCUT2D eigenvalue weighted by Crippen LogP contribution is -2.26. The number of fused-ring (bicyclic) bond motifs is 1. The number of nitrogens with one attached hydrogen (secondary N) is 1. The van der Waals surface area contributed by atoms with E-state index in [2.05, 4.69) is 24.4 Å². The van der Waals surface area contributed by atoms with Gasteiger partial charge in [-0.15, -0.1) is 0 Å². The first kappa shape index (κ1) is 15.7. The first-order chi connectivity index (χ1) is 9.51. The predicted octanol–water partition coefficient (Wildman–Crippen LogP) is 4.54. The maximum absolute atomic E-state index is 12.2. The highest BCUT2D eigenvalue weighted by molar-refractivity contribution is 8.00. The van der Waals surface area contributed by atoms with Gasteiger partial charge in [0.2, 0.25) is 0 Å². The molecule has 1 aliphatic rings. The van der Waals surface area contributed by atoms with Crippen LogP contribution in [0.15, 0.2) is 24.3 Å². The van der Waals surface area contributed by atoms with Gasteiger partial charge in [-0.25, -0.2) is 0 Å². The van der Waals surface area contributed by atoms with E-state index in [-0.39, 0.29) is 29.5 Å². The van der Waals surface area contributed by atoms with Crippen LogP contribution in [-0.2, 0) is 6.42 Å². The smallest absolute Gasteiger partial charge is 0.310 e. The molecule has 0 saturated carbocycles. The number of alkyl halides is 3. The summed E-state index contributed by atoms with van der Waals surface area (Å²) in [5, 5.41) is 3.49. The molecule has 0 heterocycles. The van der Waals surface area contributed by atoms with Gasteiger partial charge in [0.05, 0.1) is 0 Å². The predicted molar refractivity (Wildman–Crippen MR) is 77.8 cm³/mol. The Morgan fingerprint density at radius 3 is 2.75 bits per heavy atom. The molecule has 1 aromatic carbocycles. The van der Waals surface area contributed by atoms with Crippen molar-refractivity contribution >= 4 is 11.8 Å². The van der Waals surface area contributed by atoms with Crippen LogP contribution < -0.4 is 5.32 Å². The van der Waals surface area contributed by atoms with Crippen molar-refractivity contribution in [1.82, 2.24) is 5.32 Å². The van der Waals surface area contributed by atoms with Crippen LogP contribution >= 0.6 is 11.8 Å². The number of hydrogen-bond donors (Lipinski definition) is 1. The maximum Gasteiger partial charge on any atom is 0.441 e. The first-order valence-electron chi connectivity index (χ1n) is 7.03. The van der Waals surface area contributed by atoms with E-state index in [0.717, 1.165) is 19.4 Å². The largest absolute Gasteiger partial charge is 0.441 e. The van der Waals surface area contributed by atoms with E-state index in [1.807, 2.05) is 12.1 Å². The zero-order valence-corrected chi connectivity index (χ0v) is 12.4. The van der Waals surface area contributed by atoms with Gasteiger partial charge in [0.1, 0.15) is 0 Å². The summed E-state index contributed by atoms with van der Waals surface area (Å²) in [6.45, 7) is 3.00. The minimum absolute atomic E-state index is 0.0972. The van der Waals surface area contributed by atoms with E-state index < -0.39 is 5.51 Å². The SMILES string of the molecule is CCCNC1c2ccccc2CC1CCSC(F)(F)F. The van der Waals surface area contributed by atoms with E-state index in [9.17, 15) is 13.2 Å². The molecular weight excluding hydrogens is 283 g/mol. The molecule has 0 aromatic heterocycles. The van der Waals surface area contributed by atoms with Gasteiger partial charge < -0.3 is 5.32 Å². The molecule has 5 heteroatoms. The number of hydrogen-bond acceptors (Lipinski definition) is 2. The molecule has 1 nitrogen and oxygen atoms in total. The highest BCUT2D eigenvalue weighted by atomic mass is 32.2. The van der Waals surface area contributed by atoms with Gasteiger partial charge in [-0.2, -0.15) is 13.2 Å². The zero-order chi connectivity index (χ0) is 14.6. The molecule has 0 fully saturated rings. The van der Waals surface area contributed by atoms with E-state index in [0.29, 0.717) is 6.42 Å². The lowest BCUT2D eigenvalue weighted by atomic mass is 9.98. The number of benzene rings is 1. The molecule has 0 saturated heterocycles. The summed E-state index contributed by atoms with van der Waals surface area (Å²) in [5.74, 6) is 0.417. The van der Waals surface area contributed by atoms with Gasteiger partial charge in [-0.1, -0.05) is 43.0 Å². The number of thioether (sulfide) groups is 1. The average molecular weight is 303 g/mol. The van der Waals surface area contributed by atoms with Gasteiger partial charge in [-0.05, 0) is 42.9 Å². The lowest BCUT2D eigenvalue weighted by Gasteiger charge is -2.22. The highest BCUT2D eigenvalue weighted by Crippen LogP contribution is 2.40. The van der Waals surface area contributed by atoms with Crippen molar-refractivity contribution < 1.29 is 13.2 Å². The van der Waals surface area contributed by atoms with Gasteiger partial charge in [-0.3, -0.25) is 0 Å². The molecule has 0 aliphatic heterocycles. The molecule has 1 aromatic rings.